The van der Waals surface area contributed by atoms with Crippen LogP contribution < -0.4 is 10.1 Å². The summed E-state index contributed by atoms with van der Waals surface area (Å²) in [5, 5.41) is 12.0. The van der Waals surface area contributed by atoms with Crippen molar-refractivity contribution in [1.29, 1.82) is 0 Å². The number of aryl methyl sites for hydroxylation is 1. The van der Waals surface area contributed by atoms with Crippen LogP contribution in [0.15, 0.2) is 61.4 Å². The third-order valence-corrected chi connectivity index (χ3v) is 6.44. The predicted octanol–water partition coefficient (Wildman–Crippen LogP) is 3.36. The Morgan fingerprint density at radius 2 is 1.71 bits per heavy atom. The Labute approximate surface area is 202 Å². The van der Waals surface area contributed by atoms with Crippen molar-refractivity contribution in [2.75, 3.05) is 38.5 Å². The van der Waals surface area contributed by atoms with Crippen molar-refractivity contribution in [1.82, 2.24) is 39.0 Å². The summed E-state index contributed by atoms with van der Waals surface area (Å²) < 4.78 is 9.71. The van der Waals surface area contributed by atoms with Crippen molar-refractivity contribution >= 4 is 22.7 Å². The van der Waals surface area contributed by atoms with Crippen LogP contribution in [0.3, 0.4) is 0 Å². The Morgan fingerprint density at radius 3 is 2.57 bits per heavy atom. The number of hydrogen-bond donors (Lipinski definition) is 1. The third-order valence-electron chi connectivity index (χ3n) is 6.44. The molecular weight excluding hydrogens is 442 g/mol. The van der Waals surface area contributed by atoms with E-state index in [1.165, 1.54) is 11.9 Å². The molecule has 5 heterocycles. The van der Waals surface area contributed by atoms with Crippen LogP contribution in [0.5, 0.6) is 11.5 Å². The van der Waals surface area contributed by atoms with Gasteiger partial charge in [0.25, 0.3) is 0 Å². The molecule has 0 radical (unpaired) electrons. The Balaban J connectivity index is 1.22. The molecular formula is C25H27N9O. The van der Waals surface area contributed by atoms with Crippen LogP contribution in [0.4, 0.5) is 11.5 Å². The summed E-state index contributed by atoms with van der Waals surface area (Å²) in [4.78, 5) is 13.6. The number of rotatable bonds is 6. The lowest BCUT2D eigenvalue weighted by Crippen LogP contribution is -2.43. The van der Waals surface area contributed by atoms with E-state index in [0.717, 1.165) is 66.7 Å². The Kier molecular flexibility index (Phi) is 5.51. The second kappa shape index (κ2) is 8.97. The van der Waals surface area contributed by atoms with Gasteiger partial charge in [0.05, 0.1) is 0 Å². The molecule has 6 rings (SSSR count). The average Bonchev–Trinajstić information content (AvgIpc) is 3.50. The minimum atomic E-state index is 0.716. The molecule has 1 saturated heterocycles. The number of nitrogens with zero attached hydrogens (tertiary/aromatic N) is 8. The molecule has 0 unspecified atom stereocenters. The first kappa shape index (κ1) is 21.5. The minimum Gasteiger partial charge on any atom is -0.457 e. The molecule has 35 heavy (non-hydrogen) atoms. The van der Waals surface area contributed by atoms with Gasteiger partial charge in [-0.25, -0.2) is 19.0 Å². The summed E-state index contributed by atoms with van der Waals surface area (Å²) in [6.45, 7) is 7.22. The molecule has 1 N–H and O–H groups in total. The molecule has 0 saturated carbocycles. The maximum absolute atomic E-state index is 6.11. The van der Waals surface area contributed by atoms with Crippen LogP contribution in [-0.4, -0.2) is 72.2 Å². The first-order valence-electron chi connectivity index (χ1n) is 11.7. The zero-order valence-corrected chi connectivity index (χ0v) is 19.8. The highest BCUT2D eigenvalue weighted by atomic mass is 16.5. The molecule has 10 nitrogen and oxygen atoms in total. The van der Waals surface area contributed by atoms with E-state index < -0.39 is 0 Å². The number of nitrogens with one attached hydrogen (secondary N) is 1. The highest BCUT2D eigenvalue weighted by molar-refractivity contribution is 5.76. The summed E-state index contributed by atoms with van der Waals surface area (Å²) in [6.07, 6.45) is 6.94. The molecule has 0 atom stereocenters. The Hall–Kier alpha value is -4.02. The summed E-state index contributed by atoms with van der Waals surface area (Å²) in [6, 6.07) is 11.9. The number of fused-ring (bicyclic) bond motifs is 2. The van der Waals surface area contributed by atoms with Crippen LogP contribution in [0.1, 0.15) is 11.1 Å². The SMILES string of the molecule is Cc1cc(Nc2ncnn3ccc(CN4CCN(C)CC4)c23)ccc1Oc1ccn2ncnc2c1. The van der Waals surface area contributed by atoms with Gasteiger partial charge in [0.15, 0.2) is 11.5 Å². The highest BCUT2D eigenvalue weighted by Crippen LogP contribution is 2.30. The quantitative estimate of drug-likeness (QED) is 0.405. The molecule has 1 aromatic carbocycles. The summed E-state index contributed by atoms with van der Waals surface area (Å²) in [5.74, 6) is 2.29. The van der Waals surface area contributed by atoms with Crippen LogP contribution in [0.25, 0.3) is 11.2 Å². The Morgan fingerprint density at radius 1 is 0.914 bits per heavy atom. The van der Waals surface area contributed by atoms with Gasteiger partial charge in [0.2, 0.25) is 0 Å². The van der Waals surface area contributed by atoms with E-state index in [1.807, 2.05) is 48.1 Å². The van der Waals surface area contributed by atoms with Gasteiger partial charge in [-0.2, -0.15) is 10.2 Å². The maximum atomic E-state index is 6.11. The van der Waals surface area contributed by atoms with Gasteiger partial charge in [-0.05, 0) is 55.4 Å². The normalized spacial score (nSPS) is 15.1. The first-order valence-corrected chi connectivity index (χ1v) is 11.7. The molecule has 5 aromatic rings. The minimum absolute atomic E-state index is 0.716. The highest BCUT2D eigenvalue weighted by Gasteiger charge is 2.18. The van der Waals surface area contributed by atoms with Crippen molar-refractivity contribution < 1.29 is 4.74 Å². The molecule has 4 aromatic heterocycles. The van der Waals surface area contributed by atoms with Crippen molar-refractivity contribution in [3.05, 3.63) is 72.6 Å². The zero-order valence-electron chi connectivity index (χ0n) is 19.8. The fourth-order valence-electron chi connectivity index (χ4n) is 4.45. The largest absolute Gasteiger partial charge is 0.457 e. The predicted molar refractivity (Wildman–Crippen MR) is 133 cm³/mol. The van der Waals surface area contributed by atoms with E-state index in [2.05, 4.69) is 54.5 Å². The van der Waals surface area contributed by atoms with Gasteiger partial charge >= 0.3 is 0 Å². The fourth-order valence-corrected chi connectivity index (χ4v) is 4.45. The number of ether oxygens (including phenoxy) is 1. The van der Waals surface area contributed by atoms with Crippen LogP contribution in [0, 0.1) is 6.92 Å². The van der Waals surface area contributed by atoms with E-state index in [0.29, 0.717) is 5.75 Å². The molecule has 0 amide bonds. The summed E-state index contributed by atoms with van der Waals surface area (Å²) >= 11 is 0. The van der Waals surface area contributed by atoms with Gasteiger partial charge in [-0.1, -0.05) is 0 Å². The second-order valence-corrected chi connectivity index (χ2v) is 8.95. The van der Waals surface area contributed by atoms with Gasteiger partial charge in [-0.3, -0.25) is 4.90 Å². The summed E-state index contributed by atoms with van der Waals surface area (Å²) in [7, 11) is 2.18. The van der Waals surface area contributed by atoms with Crippen LogP contribution in [-0.2, 0) is 6.54 Å². The van der Waals surface area contributed by atoms with E-state index >= 15 is 0 Å². The Bertz CT molecular complexity index is 1480. The van der Waals surface area contributed by atoms with Crippen molar-refractivity contribution in [2.45, 2.75) is 13.5 Å². The van der Waals surface area contributed by atoms with Crippen molar-refractivity contribution in [3.8, 4) is 11.5 Å². The molecule has 1 aliphatic heterocycles. The third kappa shape index (κ3) is 4.41. The standard InChI is InChI=1S/C25H27N9O/c1-18-13-20(3-4-22(18)35-21-6-8-33-23(14-21)26-16-28-33)30-25-24-19(5-7-34(24)29-17-27-25)15-32-11-9-31(2)10-12-32/h3-8,13-14,16-17H,9-12,15H2,1-2H3,(H,27,29,30). The lowest BCUT2D eigenvalue weighted by Gasteiger charge is -2.32. The van der Waals surface area contributed by atoms with Gasteiger partial charge in [0, 0.05) is 56.9 Å². The maximum Gasteiger partial charge on any atom is 0.158 e. The molecule has 0 bridgehead atoms. The molecule has 178 valence electrons. The number of likely N-dealkylation sites (N-methyl/N-ethyl adjacent to an activating group) is 1. The average molecular weight is 470 g/mol. The van der Waals surface area contributed by atoms with Crippen molar-refractivity contribution in [3.63, 3.8) is 0 Å². The van der Waals surface area contributed by atoms with Crippen molar-refractivity contribution in [2.24, 2.45) is 0 Å². The number of benzene rings is 1. The second-order valence-electron chi connectivity index (χ2n) is 8.95. The fraction of sp³-hybridized carbons (Fsp3) is 0.280. The monoisotopic (exact) mass is 469 g/mol. The zero-order chi connectivity index (χ0) is 23.8. The van der Waals surface area contributed by atoms with E-state index in [9.17, 15) is 0 Å². The number of aromatic nitrogens is 6. The summed E-state index contributed by atoms with van der Waals surface area (Å²) in [5.41, 5.74) is 4.92. The number of hydrogen-bond acceptors (Lipinski definition) is 8. The molecule has 1 fully saturated rings. The van der Waals surface area contributed by atoms with E-state index in [-0.39, 0.29) is 0 Å². The van der Waals surface area contributed by atoms with Crippen LogP contribution >= 0.6 is 0 Å². The first-order chi connectivity index (χ1) is 17.1. The smallest absolute Gasteiger partial charge is 0.158 e. The molecule has 0 spiro atoms. The number of pyridine rings is 1. The van der Waals surface area contributed by atoms with E-state index in [4.69, 9.17) is 4.74 Å². The van der Waals surface area contributed by atoms with E-state index in [1.54, 1.807) is 10.8 Å². The molecule has 1 aliphatic rings. The number of piperazine rings is 1. The lowest BCUT2D eigenvalue weighted by molar-refractivity contribution is 0.148. The van der Waals surface area contributed by atoms with Crippen LogP contribution in [0.2, 0.25) is 0 Å². The molecule has 10 heteroatoms. The molecule has 0 aliphatic carbocycles. The topological polar surface area (TPSA) is 88.1 Å². The van der Waals surface area contributed by atoms with Gasteiger partial charge < -0.3 is 15.0 Å². The lowest BCUT2D eigenvalue weighted by atomic mass is 10.2. The van der Waals surface area contributed by atoms with Gasteiger partial charge in [0.1, 0.15) is 29.7 Å². The number of anilines is 2. The van der Waals surface area contributed by atoms with Gasteiger partial charge in [-0.15, -0.1) is 0 Å².